The van der Waals surface area contributed by atoms with Gasteiger partial charge in [0.2, 0.25) is 11.8 Å². The molecule has 1 aromatic heterocycles. The van der Waals surface area contributed by atoms with Gasteiger partial charge in [-0.25, -0.2) is 0 Å². The number of hydrogen-bond donors (Lipinski definition) is 2. The van der Waals surface area contributed by atoms with Gasteiger partial charge in [-0.3, -0.25) is 19.4 Å². The van der Waals surface area contributed by atoms with Crippen LogP contribution in [0.2, 0.25) is 0 Å². The van der Waals surface area contributed by atoms with E-state index in [0.717, 1.165) is 5.69 Å². The molecular weight excluding hydrogens is 408 g/mol. The first-order valence-electron chi connectivity index (χ1n) is 10.2. The van der Waals surface area contributed by atoms with Crippen molar-refractivity contribution in [3.8, 4) is 5.75 Å². The first kappa shape index (κ1) is 21.0. The number of amides is 3. The maximum atomic E-state index is 12.7. The fraction of sp³-hybridized carbons (Fsp3) is 0.167. The summed E-state index contributed by atoms with van der Waals surface area (Å²) >= 11 is 0. The Labute approximate surface area is 185 Å². The molecule has 0 unspecified atom stereocenters. The number of rotatable bonds is 6. The number of para-hydroxylation sites is 2. The van der Waals surface area contributed by atoms with Gasteiger partial charge in [-0.2, -0.15) is 0 Å². The number of hydrogen-bond acceptors (Lipinski definition) is 5. The number of aromatic nitrogens is 1. The summed E-state index contributed by atoms with van der Waals surface area (Å²) in [6.45, 7) is 0.879. The quantitative estimate of drug-likeness (QED) is 0.624. The van der Waals surface area contributed by atoms with Crippen molar-refractivity contribution in [2.24, 2.45) is 0 Å². The largest absolute Gasteiger partial charge is 0.490 e. The zero-order chi connectivity index (χ0) is 22.3. The summed E-state index contributed by atoms with van der Waals surface area (Å²) in [6.07, 6.45) is 3.22. The summed E-state index contributed by atoms with van der Waals surface area (Å²) in [5.41, 5.74) is 2.29. The van der Waals surface area contributed by atoms with E-state index in [1.165, 1.54) is 0 Å². The zero-order valence-corrected chi connectivity index (χ0v) is 17.3. The molecule has 2 heterocycles. The standard InChI is InChI=1S/C24H22N4O4/c29-22(8-9-23(30)28-14-15-32-21-7-2-1-6-20(21)28)26-18-4-3-5-19(16-18)27-24(31)17-10-12-25-13-11-17/h1-7,10-13,16H,8-9,14-15H2,(H,26,29)(H,27,31). The van der Waals surface area contributed by atoms with Crippen LogP contribution in [0.4, 0.5) is 17.1 Å². The van der Waals surface area contributed by atoms with Crippen LogP contribution < -0.4 is 20.3 Å². The van der Waals surface area contributed by atoms with Crippen molar-refractivity contribution in [1.29, 1.82) is 0 Å². The molecule has 162 valence electrons. The van der Waals surface area contributed by atoms with E-state index in [1.54, 1.807) is 53.7 Å². The van der Waals surface area contributed by atoms with Crippen LogP contribution in [0.3, 0.4) is 0 Å². The van der Waals surface area contributed by atoms with E-state index in [0.29, 0.717) is 35.8 Å². The number of carbonyl (C=O) groups excluding carboxylic acids is 3. The van der Waals surface area contributed by atoms with Crippen LogP contribution in [0.15, 0.2) is 73.1 Å². The lowest BCUT2D eigenvalue weighted by molar-refractivity contribution is -0.122. The third-order valence-electron chi connectivity index (χ3n) is 4.94. The van der Waals surface area contributed by atoms with Crippen LogP contribution in [0.25, 0.3) is 0 Å². The van der Waals surface area contributed by atoms with Crippen LogP contribution in [-0.4, -0.2) is 35.9 Å². The lowest BCUT2D eigenvalue weighted by atomic mass is 10.2. The van der Waals surface area contributed by atoms with Gasteiger partial charge in [0.1, 0.15) is 12.4 Å². The molecule has 0 spiro atoms. The predicted octanol–water partition coefficient (Wildman–Crippen LogP) is 3.48. The Morgan fingerprint density at radius 3 is 2.47 bits per heavy atom. The van der Waals surface area contributed by atoms with E-state index < -0.39 is 0 Å². The third kappa shape index (κ3) is 5.10. The number of benzene rings is 2. The molecule has 0 atom stereocenters. The Bertz CT molecular complexity index is 1130. The Hall–Kier alpha value is -4.20. The molecule has 2 N–H and O–H groups in total. The van der Waals surface area contributed by atoms with Crippen molar-refractivity contribution >= 4 is 34.8 Å². The summed E-state index contributed by atoms with van der Waals surface area (Å²) in [4.78, 5) is 42.9. The van der Waals surface area contributed by atoms with Crippen molar-refractivity contribution < 1.29 is 19.1 Å². The van der Waals surface area contributed by atoms with E-state index >= 15 is 0 Å². The third-order valence-corrected chi connectivity index (χ3v) is 4.94. The Morgan fingerprint density at radius 2 is 1.66 bits per heavy atom. The Morgan fingerprint density at radius 1 is 0.906 bits per heavy atom. The minimum absolute atomic E-state index is 0.0476. The average molecular weight is 430 g/mol. The highest BCUT2D eigenvalue weighted by atomic mass is 16.5. The van der Waals surface area contributed by atoms with Crippen LogP contribution in [-0.2, 0) is 9.59 Å². The minimum Gasteiger partial charge on any atom is -0.490 e. The highest BCUT2D eigenvalue weighted by Gasteiger charge is 2.23. The fourth-order valence-electron chi connectivity index (χ4n) is 3.39. The molecule has 8 heteroatoms. The molecule has 3 aromatic rings. The maximum Gasteiger partial charge on any atom is 0.255 e. The van der Waals surface area contributed by atoms with Crippen LogP contribution in [0.1, 0.15) is 23.2 Å². The van der Waals surface area contributed by atoms with E-state index in [4.69, 9.17) is 4.74 Å². The molecule has 1 aliphatic rings. The van der Waals surface area contributed by atoms with Gasteiger partial charge in [0.25, 0.3) is 5.91 Å². The number of pyridine rings is 1. The van der Waals surface area contributed by atoms with E-state index in [1.807, 2.05) is 24.3 Å². The maximum absolute atomic E-state index is 12.7. The normalized spacial score (nSPS) is 12.3. The smallest absolute Gasteiger partial charge is 0.255 e. The number of carbonyl (C=O) groups is 3. The second kappa shape index (κ2) is 9.74. The van der Waals surface area contributed by atoms with Crippen molar-refractivity contribution in [1.82, 2.24) is 4.98 Å². The second-order valence-corrected chi connectivity index (χ2v) is 7.18. The minimum atomic E-state index is -0.280. The van der Waals surface area contributed by atoms with E-state index in [9.17, 15) is 14.4 Å². The molecule has 4 rings (SSSR count). The molecule has 0 bridgehead atoms. The van der Waals surface area contributed by atoms with Gasteiger partial charge >= 0.3 is 0 Å². The fourth-order valence-corrected chi connectivity index (χ4v) is 3.39. The molecule has 2 aromatic carbocycles. The lowest BCUT2D eigenvalue weighted by Gasteiger charge is -2.29. The molecule has 8 nitrogen and oxygen atoms in total. The molecule has 0 saturated heterocycles. The number of nitrogens with one attached hydrogen (secondary N) is 2. The van der Waals surface area contributed by atoms with E-state index in [-0.39, 0.29) is 30.6 Å². The summed E-state index contributed by atoms with van der Waals surface area (Å²) in [5.74, 6) is -0.0128. The van der Waals surface area contributed by atoms with Crippen LogP contribution >= 0.6 is 0 Å². The first-order valence-corrected chi connectivity index (χ1v) is 10.2. The van der Waals surface area contributed by atoms with Crippen LogP contribution in [0, 0.1) is 0 Å². The molecule has 0 radical (unpaired) electrons. The van der Waals surface area contributed by atoms with Crippen molar-refractivity contribution in [2.45, 2.75) is 12.8 Å². The number of nitrogens with zero attached hydrogens (tertiary/aromatic N) is 2. The van der Waals surface area contributed by atoms with Crippen molar-refractivity contribution in [3.63, 3.8) is 0 Å². The van der Waals surface area contributed by atoms with Gasteiger partial charge in [-0.05, 0) is 42.5 Å². The van der Waals surface area contributed by atoms with Gasteiger partial charge < -0.3 is 20.3 Å². The summed E-state index contributed by atoms with van der Waals surface area (Å²) in [7, 11) is 0. The lowest BCUT2D eigenvalue weighted by Crippen LogP contribution is -2.38. The molecule has 0 aliphatic carbocycles. The molecular formula is C24H22N4O4. The number of ether oxygens (including phenoxy) is 1. The van der Waals surface area contributed by atoms with E-state index in [2.05, 4.69) is 15.6 Å². The Balaban J connectivity index is 1.31. The number of fused-ring (bicyclic) bond motifs is 1. The number of anilines is 3. The average Bonchev–Trinajstić information content (AvgIpc) is 2.83. The van der Waals surface area contributed by atoms with Gasteiger partial charge in [0.05, 0.1) is 12.2 Å². The summed E-state index contributed by atoms with van der Waals surface area (Å²) in [5, 5.41) is 5.56. The van der Waals surface area contributed by atoms with Gasteiger partial charge in [0.15, 0.2) is 0 Å². The second-order valence-electron chi connectivity index (χ2n) is 7.18. The first-order chi connectivity index (χ1) is 15.6. The zero-order valence-electron chi connectivity index (χ0n) is 17.3. The van der Waals surface area contributed by atoms with Gasteiger partial charge in [0, 0.05) is 42.2 Å². The summed E-state index contributed by atoms with van der Waals surface area (Å²) < 4.78 is 5.57. The molecule has 32 heavy (non-hydrogen) atoms. The predicted molar refractivity (Wildman–Crippen MR) is 121 cm³/mol. The monoisotopic (exact) mass is 430 g/mol. The van der Waals surface area contributed by atoms with Crippen molar-refractivity contribution in [2.75, 3.05) is 28.7 Å². The summed E-state index contributed by atoms with van der Waals surface area (Å²) in [6, 6.07) is 17.4. The van der Waals surface area contributed by atoms with Gasteiger partial charge in [-0.1, -0.05) is 18.2 Å². The molecule has 0 saturated carbocycles. The topological polar surface area (TPSA) is 101 Å². The molecule has 0 fully saturated rings. The van der Waals surface area contributed by atoms with Crippen LogP contribution in [0.5, 0.6) is 5.75 Å². The van der Waals surface area contributed by atoms with Crippen molar-refractivity contribution in [3.05, 3.63) is 78.6 Å². The molecule has 3 amide bonds. The highest BCUT2D eigenvalue weighted by Crippen LogP contribution is 2.31. The Kier molecular flexibility index (Phi) is 6.41. The SMILES string of the molecule is O=C(CCC(=O)N1CCOc2ccccc21)Nc1cccc(NC(=O)c2ccncc2)c1. The highest BCUT2D eigenvalue weighted by molar-refractivity contribution is 6.04. The molecule has 1 aliphatic heterocycles. The van der Waals surface area contributed by atoms with Gasteiger partial charge in [-0.15, -0.1) is 0 Å².